The predicted molar refractivity (Wildman–Crippen MR) is 71.5 cm³/mol. The number of amides is 1. The van der Waals surface area contributed by atoms with Crippen LogP contribution in [0.15, 0.2) is 12.4 Å². The second kappa shape index (κ2) is 5.71. The van der Waals surface area contributed by atoms with Crippen molar-refractivity contribution < 1.29 is 9.53 Å². The number of carbonyl (C=O) groups is 1. The van der Waals surface area contributed by atoms with Gasteiger partial charge in [0.25, 0.3) is 0 Å². The van der Waals surface area contributed by atoms with Crippen LogP contribution in [0.25, 0.3) is 0 Å². The molecule has 2 unspecified atom stereocenters. The van der Waals surface area contributed by atoms with Crippen molar-refractivity contribution >= 4 is 5.91 Å². The fraction of sp³-hybridized carbons (Fsp3) is 0.692. The van der Waals surface area contributed by atoms with Crippen LogP contribution >= 0.6 is 0 Å². The lowest BCUT2D eigenvalue weighted by Crippen LogP contribution is -2.35. The first-order valence-corrected chi connectivity index (χ1v) is 6.62. The van der Waals surface area contributed by atoms with Crippen LogP contribution in [0, 0.1) is 0 Å². The number of hydrogen-bond acceptors (Lipinski definition) is 4. The molecule has 0 bridgehead atoms. The van der Waals surface area contributed by atoms with E-state index in [1.807, 2.05) is 17.1 Å². The van der Waals surface area contributed by atoms with E-state index in [1.165, 1.54) is 0 Å². The van der Waals surface area contributed by atoms with Gasteiger partial charge in [0.1, 0.15) is 0 Å². The SMILES string of the molecule is COCCN1C(=O)CC(N)C1c1cnn(C(C)C)c1. The maximum atomic E-state index is 12.0. The molecule has 0 aliphatic carbocycles. The Labute approximate surface area is 113 Å². The minimum absolute atomic E-state index is 0.0878. The van der Waals surface area contributed by atoms with Crippen LogP contribution in [0.4, 0.5) is 0 Å². The molecule has 0 radical (unpaired) electrons. The topological polar surface area (TPSA) is 73.4 Å². The molecule has 2 atom stereocenters. The minimum Gasteiger partial charge on any atom is -0.383 e. The highest BCUT2D eigenvalue weighted by molar-refractivity contribution is 5.80. The fourth-order valence-electron chi connectivity index (χ4n) is 2.49. The first kappa shape index (κ1) is 14.0. The van der Waals surface area contributed by atoms with E-state index in [1.54, 1.807) is 12.0 Å². The van der Waals surface area contributed by atoms with Gasteiger partial charge in [0.15, 0.2) is 0 Å². The van der Waals surface area contributed by atoms with Crippen LogP contribution in [-0.2, 0) is 9.53 Å². The van der Waals surface area contributed by atoms with E-state index in [9.17, 15) is 4.79 Å². The van der Waals surface area contributed by atoms with Gasteiger partial charge in [-0.15, -0.1) is 0 Å². The molecule has 1 saturated heterocycles. The number of methoxy groups -OCH3 is 1. The number of rotatable bonds is 5. The van der Waals surface area contributed by atoms with Crippen molar-refractivity contribution in [3.63, 3.8) is 0 Å². The van der Waals surface area contributed by atoms with E-state index in [2.05, 4.69) is 18.9 Å². The number of ether oxygens (including phenoxy) is 1. The maximum Gasteiger partial charge on any atom is 0.224 e. The van der Waals surface area contributed by atoms with Crippen molar-refractivity contribution in [3.05, 3.63) is 18.0 Å². The van der Waals surface area contributed by atoms with E-state index in [0.29, 0.717) is 25.6 Å². The number of likely N-dealkylation sites (tertiary alicyclic amines) is 1. The van der Waals surface area contributed by atoms with Crippen molar-refractivity contribution in [2.45, 2.75) is 38.4 Å². The van der Waals surface area contributed by atoms with E-state index < -0.39 is 0 Å². The molecule has 6 nitrogen and oxygen atoms in total. The fourth-order valence-corrected chi connectivity index (χ4v) is 2.49. The predicted octanol–water partition coefficient (Wildman–Crippen LogP) is 0.711. The molecule has 1 fully saturated rings. The van der Waals surface area contributed by atoms with Crippen LogP contribution in [0.3, 0.4) is 0 Å². The van der Waals surface area contributed by atoms with Gasteiger partial charge in [-0.05, 0) is 13.8 Å². The molecule has 1 aromatic rings. The number of nitrogens with zero attached hydrogens (tertiary/aromatic N) is 3. The highest BCUT2D eigenvalue weighted by atomic mass is 16.5. The molecule has 2 rings (SSSR count). The largest absolute Gasteiger partial charge is 0.383 e. The summed E-state index contributed by atoms with van der Waals surface area (Å²) in [5, 5.41) is 4.33. The lowest BCUT2D eigenvalue weighted by atomic mass is 10.0. The maximum absolute atomic E-state index is 12.0. The molecule has 1 aliphatic heterocycles. The third-order valence-corrected chi connectivity index (χ3v) is 3.50. The summed E-state index contributed by atoms with van der Waals surface area (Å²) in [6, 6.07) is 0.0406. The quantitative estimate of drug-likeness (QED) is 0.852. The third kappa shape index (κ3) is 2.79. The van der Waals surface area contributed by atoms with Crippen LogP contribution in [-0.4, -0.2) is 46.9 Å². The average Bonchev–Trinajstić information content (AvgIpc) is 2.91. The van der Waals surface area contributed by atoms with Gasteiger partial charge in [0, 0.05) is 43.9 Å². The molecule has 6 heteroatoms. The lowest BCUT2D eigenvalue weighted by Gasteiger charge is -2.25. The van der Waals surface area contributed by atoms with Gasteiger partial charge in [-0.2, -0.15) is 5.10 Å². The smallest absolute Gasteiger partial charge is 0.224 e. The first-order valence-electron chi connectivity index (χ1n) is 6.62. The molecule has 19 heavy (non-hydrogen) atoms. The van der Waals surface area contributed by atoms with Crippen molar-refractivity contribution in [2.24, 2.45) is 5.73 Å². The zero-order valence-electron chi connectivity index (χ0n) is 11.7. The first-order chi connectivity index (χ1) is 9.04. The van der Waals surface area contributed by atoms with Crippen LogP contribution in [0.1, 0.15) is 37.9 Å². The number of carbonyl (C=O) groups excluding carboxylic acids is 1. The molecule has 0 saturated carbocycles. The summed E-state index contributed by atoms with van der Waals surface area (Å²) in [6.45, 7) is 5.23. The van der Waals surface area contributed by atoms with Gasteiger partial charge in [-0.1, -0.05) is 0 Å². The van der Waals surface area contributed by atoms with E-state index in [-0.39, 0.29) is 18.0 Å². The Morgan fingerprint density at radius 3 is 2.89 bits per heavy atom. The van der Waals surface area contributed by atoms with Gasteiger partial charge in [-0.3, -0.25) is 9.48 Å². The van der Waals surface area contributed by atoms with Crippen LogP contribution in [0.2, 0.25) is 0 Å². The van der Waals surface area contributed by atoms with E-state index in [0.717, 1.165) is 5.56 Å². The van der Waals surface area contributed by atoms with Gasteiger partial charge in [0.05, 0.1) is 18.8 Å². The zero-order valence-corrected chi connectivity index (χ0v) is 11.7. The Hall–Kier alpha value is -1.40. The standard InChI is InChI=1S/C13H22N4O2/c1-9(2)17-8-10(7-15-17)13-11(14)6-12(18)16(13)4-5-19-3/h7-9,11,13H,4-6,14H2,1-3H3. The molecule has 106 valence electrons. The summed E-state index contributed by atoms with van der Waals surface area (Å²) in [4.78, 5) is 13.8. The summed E-state index contributed by atoms with van der Waals surface area (Å²) in [5.41, 5.74) is 7.11. The van der Waals surface area contributed by atoms with Crippen LogP contribution in [0.5, 0.6) is 0 Å². The Balaban J connectivity index is 2.20. The van der Waals surface area contributed by atoms with Gasteiger partial charge in [-0.25, -0.2) is 0 Å². The van der Waals surface area contributed by atoms with Crippen molar-refractivity contribution in [1.82, 2.24) is 14.7 Å². The molecule has 2 heterocycles. The highest BCUT2D eigenvalue weighted by Gasteiger charge is 2.38. The third-order valence-electron chi connectivity index (χ3n) is 3.50. The zero-order chi connectivity index (χ0) is 14.0. The highest BCUT2D eigenvalue weighted by Crippen LogP contribution is 2.31. The molecule has 1 amide bonds. The summed E-state index contributed by atoms with van der Waals surface area (Å²) >= 11 is 0. The second-order valence-electron chi connectivity index (χ2n) is 5.24. The molecular formula is C13H22N4O2. The molecule has 0 aromatic carbocycles. The molecule has 0 spiro atoms. The molecule has 1 aromatic heterocycles. The Bertz CT molecular complexity index is 444. The normalized spacial score (nSPS) is 23.6. The van der Waals surface area contributed by atoms with Crippen molar-refractivity contribution in [3.8, 4) is 0 Å². The van der Waals surface area contributed by atoms with Crippen molar-refractivity contribution in [1.29, 1.82) is 0 Å². The van der Waals surface area contributed by atoms with E-state index >= 15 is 0 Å². The van der Waals surface area contributed by atoms with Gasteiger partial charge >= 0.3 is 0 Å². The number of hydrogen-bond donors (Lipinski definition) is 1. The van der Waals surface area contributed by atoms with Gasteiger partial charge in [0.2, 0.25) is 5.91 Å². The summed E-state index contributed by atoms with van der Waals surface area (Å²) in [7, 11) is 1.63. The second-order valence-corrected chi connectivity index (χ2v) is 5.24. The van der Waals surface area contributed by atoms with Crippen LogP contribution < -0.4 is 5.73 Å². The Morgan fingerprint density at radius 1 is 1.58 bits per heavy atom. The molecule has 2 N–H and O–H groups in total. The average molecular weight is 266 g/mol. The number of nitrogens with two attached hydrogens (primary N) is 1. The Kier molecular flexibility index (Phi) is 4.21. The van der Waals surface area contributed by atoms with E-state index in [4.69, 9.17) is 10.5 Å². The summed E-state index contributed by atoms with van der Waals surface area (Å²) < 4.78 is 6.95. The molecule has 1 aliphatic rings. The minimum atomic E-state index is -0.172. The Morgan fingerprint density at radius 2 is 2.32 bits per heavy atom. The summed E-state index contributed by atoms with van der Waals surface area (Å²) in [6.07, 6.45) is 4.18. The lowest BCUT2D eigenvalue weighted by molar-refractivity contribution is -0.129. The monoisotopic (exact) mass is 266 g/mol. The van der Waals surface area contributed by atoms with Crippen molar-refractivity contribution in [2.75, 3.05) is 20.3 Å². The number of aromatic nitrogens is 2. The summed E-state index contributed by atoms with van der Waals surface area (Å²) in [5.74, 6) is 0.0897. The molecular weight excluding hydrogens is 244 g/mol. The van der Waals surface area contributed by atoms with Gasteiger partial charge < -0.3 is 15.4 Å².